The average molecular weight is 343 g/mol. The van der Waals surface area contributed by atoms with Crippen molar-refractivity contribution in [1.82, 2.24) is 0 Å². The van der Waals surface area contributed by atoms with E-state index in [-0.39, 0.29) is 19.2 Å². The molecule has 0 amide bonds. The summed E-state index contributed by atoms with van der Waals surface area (Å²) in [5.41, 5.74) is 0. The van der Waals surface area contributed by atoms with Crippen LogP contribution in [0.15, 0.2) is 0 Å². The summed E-state index contributed by atoms with van der Waals surface area (Å²) in [6, 6.07) is 0. The SMILES string of the molecule is CC(C)(Br)C(=O)OCCOCCOCCOCCO. The molecule has 0 heterocycles. The predicted octanol–water partition coefficient (Wildman–Crippen LogP) is 0.745. The number of carbonyl (C=O) groups is 1. The predicted molar refractivity (Wildman–Crippen MR) is 73.5 cm³/mol. The number of rotatable bonds is 12. The number of carbonyl (C=O) groups excluding carboxylic acids is 1. The van der Waals surface area contributed by atoms with Gasteiger partial charge in [-0.2, -0.15) is 0 Å². The lowest BCUT2D eigenvalue weighted by atomic mass is 10.2. The van der Waals surface area contributed by atoms with Crippen LogP contribution in [0.2, 0.25) is 0 Å². The molecule has 0 aliphatic heterocycles. The Balaban J connectivity index is 3.17. The maximum atomic E-state index is 11.3. The molecule has 0 saturated carbocycles. The van der Waals surface area contributed by atoms with Gasteiger partial charge in [0.1, 0.15) is 10.9 Å². The number of esters is 1. The zero-order valence-corrected chi connectivity index (χ0v) is 13.1. The average Bonchev–Trinajstić information content (AvgIpc) is 2.34. The molecule has 0 bridgehead atoms. The second-order valence-electron chi connectivity index (χ2n) is 4.17. The molecular weight excluding hydrogens is 320 g/mol. The molecule has 0 radical (unpaired) electrons. The Morgan fingerprint density at radius 2 is 1.37 bits per heavy atom. The standard InChI is InChI=1S/C12H23BrO6/c1-12(2,13)11(15)19-10-9-18-8-7-17-6-5-16-4-3-14/h14H,3-10H2,1-2H3. The Labute approximate surface area is 122 Å². The van der Waals surface area contributed by atoms with Crippen molar-refractivity contribution in [2.75, 3.05) is 52.9 Å². The van der Waals surface area contributed by atoms with Crippen LogP contribution in [-0.4, -0.2) is 68.3 Å². The number of aliphatic hydroxyl groups excluding tert-OH is 1. The van der Waals surface area contributed by atoms with Crippen LogP contribution in [0.5, 0.6) is 0 Å². The quantitative estimate of drug-likeness (QED) is 0.320. The third kappa shape index (κ3) is 12.6. The van der Waals surface area contributed by atoms with Crippen LogP contribution in [0.25, 0.3) is 0 Å². The molecule has 6 nitrogen and oxygen atoms in total. The molecule has 0 unspecified atom stereocenters. The van der Waals surface area contributed by atoms with Gasteiger partial charge in [-0.25, -0.2) is 0 Å². The third-order valence-electron chi connectivity index (χ3n) is 1.93. The van der Waals surface area contributed by atoms with Crippen molar-refractivity contribution in [3.8, 4) is 0 Å². The van der Waals surface area contributed by atoms with Gasteiger partial charge in [0.25, 0.3) is 0 Å². The molecule has 0 aromatic heterocycles. The molecular formula is C12H23BrO6. The van der Waals surface area contributed by atoms with Crippen molar-refractivity contribution in [2.45, 2.75) is 18.2 Å². The van der Waals surface area contributed by atoms with Gasteiger partial charge < -0.3 is 24.1 Å². The molecule has 7 heteroatoms. The fourth-order valence-electron chi connectivity index (χ4n) is 0.971. The number of hydrogen-bond acceptors (Lipinski definition) is 6. The molecule has 114 valence electrons. The summed E-state index contributed by atoms with van der Waals surface area (Å²) in [5.74, 6) is -0.312. The van der Waals surface area contributed by atoms with E-state index in [4.69, 9.17) is 24.1 Å². The lowest BCUT2D eigenvalue weighted by Crippen LogP contribution is -2.27. The monoisotopic (exact) mass is 342 g/mol. The zero-order valence-electron chi connectivity index (χ0n) is 11.5. The third-order valence-corrected chi connectivity index (χ3v) is 2.25. The number of aliphatic hydroxyl groups is 1. The van der Waals surface area contributed by atoms with Crippen LogP contribution in [0.1, 0.15) is 13.8 Å². The molecule has 0 fully saturated rings. The van der Waals surface area contributed by atoms with Crippen LogP contribution < -0.4 is 0 Å². The van der Waals surface area contributed by atoms with Gasteiger partial charge in [-0.1, -0.05) is 15.9 Å². The van der Waals surface area contributed by atoms with Crippen molar-refractivity contribution >= 4 is 21.9 Å². The van der Waals surface area contributed by atoms with E-state index in [1.165, 1.54) is 0 Å². The van der Waals surface area contributed by atoms with Crippen molar-refractivity contribution in [2.24, 2.45) is 0 Å². The summed E-state index contributed by atoms with van der Waals surface area (Å²) in [5, 5.41) is 8.45. The van der Waals surface area contributed by atoms with E-state index in [9.17, 15) is 4.79 Å². The number of halogens is 1. The molecule has 0 aliphatic carbocycles. The first-order valence-electron chi connectivity index (χ1n) is 6.18. The summed E-state index contributed by atoms with van der Waals surface area (Å²) in [7, 11) is 0. The fourth-order valence-corrected chi connectivity index (χ4v) is 1.09. The van der Waals surface area contributed by atoms with E-state index in [0.717, 1.165) is 0 Å². The van der Waals surface area contributed by atoms with Crippen LogP contribution >= 0.6 is 15.9 Å². The van der Waals surface area contributed by atoms with E-state index in [2.05, 4.69) is 15.9 Å². The molecule has 0 aliphatic rings. The summed E-state index contributed by atoms with van der Waals surface area (Å²) in [4.78, 5) is 11.3. The van der Waals surface area contributed by atoms with Crippen molar-refractivity contribution < 1.29 is 28.8 Å². The second kappa shape index (κ2) is 11.6. The lowest BCUT2D eigenvalue weighted by molar-refractivity contribution is -0.147. The first-order valence-corrected chi connectivity index (χ1v) is 6.98. The van der Waals surface area contributed by atoms with E-state index in [0.29, 0.717) is 39.6 Å². The second-order valence-corrected chi connectivity index (χ2v) is 6.15. The topological polar surface area (TPSA) is 74.2 Å². The van der Waals surface area contributed by atoms with Crippen LogP contribution in [0.3, 0.4) is 0 Å². The highest BCUT2D eigenvalue weighted by Crippen LogP contribution is 2.17. The molecule has 19 heavy (non-hydrogen) atoms. The maximum absolute atomic E-state index is 11.3. The Morgan fingerprint density at radius 1 is 0.947 bits per heavy atom. The van der Waals surface area contributed by atoms with Gasteiger partial charge in [0.15, 0.2) is 0 Å². The summed E-state index contributed by atoms with van der Waals surface area (Å²) >= 11 is 3.21. The Kier molecular flexibility index (Phi) is 11.5. The number of hydrogen-bond donors (Lipinski definition) is 1. The summed E-state index contributed by atoms with van der Waals surface area (Å²) in [6.07, 6.45) is 0. The molecule has 0 rings (SSSR count). The van der Waals surface area contributed by atoms with Gasteiger partial charge in [-0.05, 0) is 13.8 Å². The van der Waals surface area contributed by atoms with Gasteiger partial charge in [-0.15, -0.1) is 0 Å². The van der Waals surface area contributed by atoms with Gasteiger partial charge in [0.05, 0.1) is 46.2 Å². The first-order chi connectivity index (χ1) is 8.98. The van der Waals surface area contributed by atoms with Gasteiger partial charge in [-0.3, -0.25) is 4.79 Å². The van der Waals surface area contributed by atoms with E-state index < -0.39 is 4.32 Å². The summed E-state index contributed by atoms with van der Waals surface area (Å²) in [6.45, 7) is 6.20. The van der Waals surface area contributed by atoms with Crippen LogP contribution in [0.4, 0.5) is 0 Å². The molecule has 0 spiro atoms. The minimum absolute atomic E-state index is 0.0209. The molecule has 0 saturated heterocycles. The van der Waals surface area contributed by atoms with E-state index >= 15 is 0 Å². The molecule has 1 N–H and O–H groups in total. The smallest absolute Gasteiger partial charge is 0.322 e. The normalized spacial score (nSPS) is 11.6. The van der Waals surface area contributed by atoms with Crippen LogP contribution in [0, 0.1) is 0 Å². The lowest BCUT2D eigenvalue weighted by Gasteiger charge is -2.14. The largest absolute Gasteiger partial charge is 0.462 e. The minimum atomic E-state index is -0.662. The van der Waals surface area contributed by atoms with Crippen molar-refractivity contribution in [3.05, 3.63) is 0 Å². The van der Waals surface area contributed by atoms with Gasteiger partial charge >= 0.3 is 5.97 Å². The maximum Gasteiger partial charge on any atom is 0.322 e. The van der Waals surface area contributed by atoms with Crippen molar-refractivity contribution in [3.63, 3.8) is 0 Å². The van der Waals surface area contributed by atoms with Crippen LogP contribution in [-0.2, 0) is 23.7 Å². The first kappa shape index (κ1) is 18.8. The summed E-state index contributed by atoms with van der Waals surface area (Å²) < 4.78 is 19.8. The Morgan fingerprint density at radius 3 is 1.79 bits per heavy atom. The molecule has 0 aromatic rings. The molecule has 0 aromatic carbocycles. The zero-order chi connectivity index (χ0) is 14.6. The van der Waals surface area contributed by atoms with E-state index in [1.54, 1.807) is 13.8 Å². The fraction of sp³-hybridized carbons (Fsp3) is 0.917. The van der Waals surface area contributed by atoms with Gasteiger partial charge in [0.2, 0.25) is 0 Å². The molecule has 0 atom stereocenters. The Hall–Kier alpha value is -0.210. The minimum Gasteiger partial charge on any atom is -0.462 e. The Bertz CT molecular complexity index is 229. The highest BCUT2D eigenvalue weighted by Gasteiger charge is 2.24. The highest BCUT2D eigenvalue weighted by molar-refractivity contribution is 9.10. The number of alkyl halides is 1. The van der Waals surface area contributed by atoms with E-state index in [1.807, 2.05) is 0 Å². The highest BCUT2D eigenvalue weighted by atomic mass is 79.9. The van der Waals surface area contributed by atoms with Gasteiger partial charge in [0, 0.05) is 0 Å². The van der Waals surface area contributed by atoms with Crippen molar-refractivity contribution in [1.29, 1.82) is 0 Å². The number of ether oxygens (including phenoxy) is 4.